The van der Waals surface area contributed by atoms with Gasteiger partial charge in [-0.1, -0.05) is 6.07 Å². The second-order valence-electron chi connectivity index (χ2n) is 5.45. The Labute approximate surface area is 125 Å². The van der Waals surface area contributed by atoms with Gasteiger partial charge in [0, 0.05) is 17.9 Å². The third kappa shape index (κ3) is 3.81. The molecule has 0 saturated heterocycles. The number of amides is 1. The van der Waals surface area contributed by atoms with Crippen LogP contribution in [0, 0.1) is 13.8 Å². The van der Waals surface area contributed by atoms with E-state index in [4.69, 9.17) is 0 Å². The van der Waals surface area contributed by atoms with Crippen LogP contribution < -0.4 is 10.6 Å². The van der Waals surface area contributed by atoms with Crippen molar-refractivity contribution in [1.82, 2.24) is 4.98 Å². The lowest BCUT2D eigenvalue weighted by atomic mass is 10.1. The molecule has 4 heteroatoms. The summed E-state index contributed by atoms with van der Waals surface area (Å²) >= 11 is 0. The molecular weight excluding hydrogens is 262 g/mol. The number of anilines is 2. The van der Waals surface area contributed by atoms with Crippen LogP contribution in [0.2, 0.25) is 0 Å². The molecule has 0 aliphatic rings. The van der Waals surface area contributed by atoms with Crippen molar-refractivity contribution in [2.24, 2.45) is 0 Å². The van der Waals surface area contributed by atoms with Crippen molar-refractivity contribution in [3.8, 4) is 0 Å². The lowest BCUT2D eigenvalue weighted by Gasteiger charge is -2.13. The van der Waals surface area contributed by atoms with Crippen LogP contribution in [0.4, 0.5) is 11.5 Å². The van der Waals surface area contributed by atoms with E-state index in [9.17, 15) is 4.79 Å². The Hall–Kier alpha value is -2.36. The van der Waals surface area contributed by atoms with Crippen LogP contribution in [0.25, 0.3) is 0 Å². The van der Waals surface area contributed by atoms with Crippen LogP contribution in [-0.4, -0.2) is 16.9 Å². The van der Waals surface area contributed by atoms with Crippen molar-refractivity contribution in [3.63, 3.8) is 0 Å². The van der Waals surface area contributed by atoms with Gasteiger partial charge in [0.2, 0.25) is 0 Å². The van der Waals surface area contributed by atoms with E-state index < -0.39 is 0 Å². The van der Waals surface area contributed by atoms with Gasteiger partial charge in [-0.15, -0.1) is 0 Å². The monoisotopic (exact) mass is 283 g/mol. The summed E-state index contributed by atoms with van der Waals surface area (Å²) in [4.78, 5) is 16.7. The summed E-state index contributed by atoms with van der Waals surface area (Å²) in [5, 5.41) is 6.11. The fourth-order valence-electron chi connectivity index (χ4n) is 1.99. The number of rotatable bonds is 4. The zero-order valence-corrected chi connectivity index (χ0v) is 12.9. The van der Waals surface area contributed by atoms with Gasteiger partial charge < -0.3 is 10.6 Å². The van der Waals surface area contributed by atoms with E-state index >= 15 is 0 Å². The smallest absolute Gasteiger partial charge is 0.259 e. The minimum absolute atomic E-state index is 0.158. The number of aryl methyl sites for hydroxylation is 2. The molecule has 1 aromatic carbocycles. The average Bonchev–Trinajstić information content (AvgIpc) is 2.43. The van der Waals surface area contributed by atoms with Crippen molar-refractivity contribution < 1.29 is 4.79 Å². The Kier molecular flexibility index (Phi) is 4.58. The maximum absolute atomic E-state index is 12.4. The lowest BCUT2D eigenvalue weighted by molar-refractivity contribution is 0.102. The molecule has 2 aromatic rings. The third-order valence-electron chi connectivity index (χ3n) is 3.24. The molecule has 0 atom stereocenters. The van der Waals surface area contributed by atoms with Crippen LogP contribution in [0.3, 0.4) is 0 Å². The zero-order valence-electron chi connectivity index (χ0n) is 12.9. The van der Waals surface area contributed by atoms with Gasteiger partial charge in [-0.3, -0.25) is 4.79 Å². The predicted molar refractivity (Wildman–Crippen MR) is 86.9 cm³/mol. The molecule has 1 amide bonds. The van der Waals surface area contributed by atoms with Crippen molar-refractivity contribution in [2.75, 3.05) is 10.6 Å². The average molecular weight is 283 g/mol. The van der Waals surface area contributed by atoms with Gasteiger partial charge in [0.25, 0.3) is 5.91 Å². The first-order chi connectivity index (χ1) is 9.97. The van der Waals surface area contributed by atoms with Crippen molar-refractivity contribution in [3.05, 3.63) is 53.2 Å². The van der Waals surface area contributed by atoms with Crippen LogP contribution >= 0.6 is 0 Å². The van der Waals surface area contributed by atoms with Gasteiger partial charge in [0.15, 0.2) is 0 Å². The molecule has 0 saturated carbocycles. The molecule has 21 heavy (non-hydrogen) atoms. The Morgan fingerprint density at radius 3 is 2.57 bits per heavy atom. The Bertz CT molecular complexity index is 650. The van der Waals surface area contributed by atoms with Gasteiger partial charge in [0.05, 0.1) is 5.56 Å². The molecule has 0 aliphatic heterocycles. The molecule has 0 aliphatic carbocycles. The number of nitrogens with zero attached hydrogens (tertiary/aromatic N) is 1. The fourth-order valence-corrected chi connectivity index (χ4v) is 1.99. The molecule has 0 bridgehead atoms. The Balaban J connectivity index is 2.22. The molecular formula is C17H21N3O. The number of hydrogen-bond acceptors (Lipinski definition) is 3. The van der Waals surface area contributed by atoms with Gasteiger partial charge in [-0.05, 0) is 63.1 Å². The topological polar surface area (TPSA) is 54.0 Å². The van der Waals surface area contributed by atoms with Crippen LogP contribution in [-0.2, 0) is 0 Å². The van der Waals surface area contributed by atoms with Crippen LogP contribution in [0.5, 0.6) is 0 Å². The zero-order chi connectivity index (χ0) is 15.4. The van der Waals surface area contributed by atoms with E-state index in [-0.39, 0.29) is 11.9 Å². The van der Waals surface area contributed by atoms with Crippen molar-refractivity contribution in [2.45, 2.75) is 33.7 Å². The normalized spacial score (nSPS) is 10.5. The molecule has 0 radical (unpaired) electrons. The highest BCUT2D eigenvalue weighted by atomic mass is 16.1. The quantitative estimate of drug-likeness (QED) is 0.898. The molecule has 2 rings (SSSR count). The van der Waals surface area contributed by atoms with Gasteiger partial charge >= 0.3 is 0 Å². The summed E-state index contributed by atoms with van der Waals surface area (Å²) in [6, 6.07) is 9.63. The van der Waals surface area contributed by atoms with E-state index in [2.05, 4.69) is 15.6 Å². The van der Waals surface area contributed by atoms with E-state index in [1.165, 1.54) is 5.56 Å². The maximum Gasteiger partial charge on any atom is 0.259 e. The van der Waals surface area contributed by atoms with Crippen LogP contribution in [0.15, 0.2) is 36.5 Å². The molecule has 2 N–H and O–H groups in total. The summed E-state index contributed by atoms with van der Waals surface area (Å²) in [7, 11) is 0. The highest BCUT2D eigenvalue weighted by molar-refractivity contribution is 6.07. The maximum atomic E-state index is 12.4. The molecule has 1 aromatic heterocycles. The number of carbonyl (C=O) groups excluding carboxylic acids is 1. The predicted octanol–water partition coefficient (Wildman–Crippen LogP) is 3.77. The third-order valence-corrected chi connectivity index (χ3v) is 3.24. The minimum Gasteiger partial charge on any atom is -0.367 e. The first kappa shape index (κ1) is 15.0. The molecule has 1 heterocycles. The summed E-state index contributed by atoms with van der Waals surface area (Å²) < 4.78 is 0. The van der Waals surface area contributed by atoms with Gasteiger partial charge in [-0.2, -0.15) is 0 Å². The summed E-state index contributed by atoms with van der Waals surface area (Å²) in [5.41, 5.74) is 3.70. The molecule has 0 spiro atoms. The largest absolute Gasteiger partial charge is 0.367 e. The standard InChI is InChI=1S/C17H21N3O/c1-11(2)19-16-15(6-5-9-18-16)17(21)20-14-8-7-12(3)13(4)10-14/h5-11H,1-4H3,(H,18,19)(H,20,21). The number of nitrogens with one attached hydrogen (secondary N) is 2. The minimum atomic E-state index is -0.158. The molecule has 0 fully saturated rings. The van der Waals surface area contributed by atoms with E-state index in [0.717, 1.165) is 11.3 Å². The highest BCUT2D eigenvalue weighted by Crippen LogP contribution is 2.18. The first-order valence-electron chi connectivity index (χ1n) is 7.07. The number of benzene rings is 1. The van der Waals surface area contributed by atoms with E-state index in [1.54, 1.807) is 18.3 Å². The summed E-state index contributed by atoms with van der Waals surface area (Å²) in [6.07, 6.45) is 1.68. The summed E-state index contributed by atoms with van der Waals surface area (Å²) in [5.74, 6) is 0.448. The molecule has 110 valence electrons. The van der Waals surface area contributed by atoms with Gasteiger partial charge in [-0.25, -0.2) is 4.98 Å². The number of hydrogen-bond donors (Lipinski definition) is 2. The SMILES string of the molecule is Cc1ccc(NC(=O)c2cccnc2NC(C)C)cc1C. The first-order valence-corrected chi connectivity index (χ1v) is 7.07. The Morgan fingerprint density at radius 2 is 1.90 bits per heavy atom. The number of carbonyl (C=O) groups is 1. The summed E-state index contributed by atoms with van der Waals surface area (Å²) in [6.45, 7) is 8.10. The molecule has 0 unspecified atom stereocenters. The van der Waals surface area contributed by atoms with Gasteiger partial charge in [0.1, 0.15) is 5.82 Å². The second kappa shape index (κ2) is 6.39. The van der Waals surface area contributed by atoms with E-state index in [1.807, 2.05) is 45.9 Å². The second-order valence-corrected chi connectivity index (χ2v) is 5.45. The number of pyridine rings is 1. The van der Waals surface area contributed by atoms with Crippen molar-refractivity contribution >= 4 is 17.4 Å². The molecule has 4 nitrogen and oxygen atoms in total. The van der Waals surface area contributed by atoms with Crippen LogP contribution in [0.1, 0.15) is 35.3 Å². The van der Waals surface area contributed by atoms with Crippen molar-refractivity contribution in [1.29, 1.82) is 0 Å². The fraction of sp³-hybridized carbons (Fsp3) is 0.294. The van der Waals surface area contributed by atoms with E-state index in [0.29, 0.717) is 11.4 Å². The number of aromatic nitrogens is 1. The lowest BCUT2D eigenvalue weighted by Crippen LogP contribution is -2.18. The Morgan fingerprint density at radius 1 is 1.14 bits per heavy atom. The highest BCUT2D eigenvalue weighted by Gasteiger charge is 2.13.